The lowest BCUT2D eigenvalue weighted by Gasteiger charge is -2.51. The van der Waals surface area contributed by atoms with Crippen molar-refractivity contribution in [3.8, 4) is 5.75 Å². The molecule has 0 N–H and O–H groups in total. The van der Waals surface area contributed by atoms with Gasteiger partial charge < -0.3 is 13.9 Å². The van der Waals surface area contributed by atoms with E-state index in [-0.39, 0.29) is 27.9 Å². The summed E-state index contributed by atoms with van der Waals surface area (Å²) in [6.07, 6.45) is 0.882. The SMILES string of the molecule is C=C1[C@@H](O[Si](C)(C)C(C)(C)C)C[C@H](OCc2ccc(OC)cc2)C(C)(C)[C@@H]1Sc1ccccc1. The second-order valence-electron chi connectivity index (χ2n) is 11.5. The Balaban J connectivity index is 1.86. The molecule has 2 aromatic rings. The molecule has 186 valence electrons. The van der Waals surface area contributed by atoms with Crippen LogP contribution >= 0.6 is 11.8 Å². The number of ether oxygens (including phenoxy) is 2. The zero-order chi connectivity index (χ0) is 25.1. The monoisotopic (exact) mass is 498 g/mol. The summed E-state index contributed by atoms with van der Waals surface area (Å²) in [5.41, 5.74) is 2.24. The molecule has 0 amide bonds. The van der Waals surface area contributed by atoms with Gasteiger partial charge in [-0.1, -0.05) is 71.5 Å². The third kappa shape index (κ3) is 6.17. The topological polar surface area (TPSA) is 27.7 Å². The molecule has 0 bridgehead atoms. The Labute approximate surface area is 212 Å². The number of rotatable bonds is 8. The Morgan fingerprint density at radius 3 is 2.21 bits per heavy atom. The van der Waals surface area contributed by atoms with Gasteiger partial charge in [-0.25, -0.2) is 0 Å². The maximum atomic E-state index is 6.96. The minimum atomic E-state index is -1.97. The Hall–Kier alpha value is -1.53. The van der Waals surface area contributed by atoms with E-state index in [0.717, 1.165) is 17.7 Å². The third-order valence-electron chi connectivity index (χ3n) is 7.53. The van der Waals surface area contributed by atoms with Crippen molar-refractivity contribution in [2.45, 2.75) is 88.1 Å². The molecule has 0 radical (unpaired) electrons. The highest BCUT2D eigenvalue weighted by molar-refractivity contribution is 8.00. The Morgan fingerprint density at radius 1 is 1.03 bits per heavy atom. The van der Waals surface area contributed by atoms with E-state index in [0.29, 0.717) is 6.61 Å². The summed E-state index contributed by atoms with van der Waals surface area (Å²) in [5, 5.41) is 0.334. The van der Waals surface area contributed by atoms with Crippen LogP contribution in [0.15, 0.2) is 71.6 Å². The predicted molar refractivity (Wildman–Crippen MR) is 147 cm³/mol. The molecule has 0 saturated heterocycles. The van der Waals surface area contributed by atoms with Crippen molar-refractivity contribution in [3.63, 3.8) is 0 Å². The first-order valence-electron chi connectivity index (χ1n) is 12.2. The molecule has 3 nitrogen and oxygen atoms in total. The van der Waals surface area contributed by atoms with Crippen LogP contribution in [-0.2, 0) is 15.8 Å². The molecule has 1 aliphatic rings. The van der Waals surface area contributed by atoms with Gasteiger partial charge in [0.15, 0.2) is 8.32 Å². The van der Waals surface area contributed by atoms with Gasteiger partial charge in [0, 0.05) is 22.0 Å². The van der Waals surface area contributed by atoms with Gasteiger partial charge in [-0.05, 0) is 53.5 Å². The average Bonchev–Trinajstić information content (AvgIpc) is 2.78. The van der Waals surface area contributed by atoms with Crippen molar-refractivity contribution < 1.29 is 13.9 Å². The second kappa shape index (κ2) is 10.6. The molecule has 0 spiro atoms. The first-order valence-corrected chi connectivity index (χ1v) is 16.0. The first kappa shape index (κ1) is 27.1. The van der Waals surface area contributed by atoms with Crippen molar-refractivity contribution in [2.75, 3.05) is 7.11 Å². The van der Waals surface area contributed by atoms with E-state index in [1.165, 1.54) is 10.5 Å². The largest absolute Gasteiger partial charge is 0.497 e. The van der Waals surface area contributed by atoms with Crippen LogP contribution in [0.1, 0.15) is 46.6 Å². The normalized spacial score (nSPS) is 23.1. The quantitative estimate of drug-likeness (QED) is 0.271. The summed E-state index contributed by atoms with van der Waals surface area (Å²) in [7, 11) is -0.278. The lowest BCUT2D eigenvalue weighted by atomic mass is 9.71. The van der Waals surface area contributed by atoms with Crippen LogP contribution in [0.3, 0.4) is 0 Å². The van der Waals surface area contributed by atoms with Gasteiger partial charge >= 0.3 is 0 Å². The molecule has 34 heavy (non-hydrogen) atoms. The van der Waals surface area contributed by atoms with Crippen LogP contribution in [0.5, 0.6) is 5.75 Å². The van der Waals surface area contributed by atoms with E-state index in [1.54, 1.807) is 7.11 Å². The van der Waals surface area contributed by atoms with E-state index in [9.17, 15) is 0 Å². The minimum Gasteiger partial charge on any atom is -0.497 e. The van der Waals surface area contributed by atoms with Crippen LogP contribution in [0.25, 0.3) is 0 Å². The van der Waals surface area contributed by atoms with Crippen LogP contribution in [0, 0.1) is 5.41 Å². The highest BCUT2D eigenvalue weighted by atomic mass is 32.2. The number of hydrogen-bond donors (Lipinski definition) is 0. The zero-order valence-electron chi connectivity index (χ0n) is 22.2. The minimum absolute atomic E-state index is 0.00371. The third-order valence-corrected chi connectivity index (χ3v) is 13.7. The van der Waals surface area contributed by atoms with Crippen LogP contribution in [-0.4, -0.2) is 32.9 Å². The molecular formula is C29H42O3SSi. The zero-order valence-corrected chi connectivity index (χ0v) is 24.0. The van der Waals surface area contributed by atoms with Gasteiger partial charge in [0.1, 0.15) is 5.75 Å². The van der Waals surface area contributed by atoms with Gasteiger partial charge in [0.25, 0.3) is 0 Å². The molecule has 5 heteroatoms. The van der Waals surface area contributed by atoms with Gasteiger partial charge in [-0.2, -0.15) is 0 Å². The summed E-state index contributed by atoms with van der Waals surface area (Å²) < 4.78 is 18.9. The summed E-state index contributed by atoms with van der Waals surface area (Å²) in [6.45, 7) is 21.4. The van der Waals surface area contributed by atoms with Crippen molar-refractivity contribution in [2.24, 2.45) is 5.41 Å². The number of thioether (sulfide) groups is 1. The number of benzene rings is 2. The van der Waals surface area contributed by atoms with Crippen molar-refractivity contribution in [1.82, 2.24) is 0 Å². The molecule has 1 saturated carbocycles. The molecule has 0 heterocycles. The lowest BCUT2D eigenvalue weighted by molar-refractivity contribution is -0.0684. The summed E-state index contributed by atoms with van der Waals surface area (Å²) in [5.74, 6) is 0.861. The fourth-order valence-electron chi connectivity index (χ4n) is 4.19. The van der Waals surface area contributed by atoms with Crippen LogP contribution < -0.4 is 4.74 Å². The Bertz CT molecular complexity index is 948. The molecule has 0 unspecified atom stereocenters. The standard InChI is InChI=1S/C29H42O3SSi/c1-21-25(32-34(8,9)28(2,3)4)19-26(31-20-22-15-17-23(30-7)18-16-22)29(5,6)27(21)33-24-13-11-10-12-14-24/h10-18,25-27H,1,19-20H2,2-9H3/t25-,26-,27+/m0/s1. The highest BCUT2D eigenvalue weighted by Crippen LogP contribution is 2.51. The first-order chi connectivity index (χ1) is 15.8. The summed E-state index contributed by atoms with van der Waals surface area (Å²) in [4.78, 5) is 1.25. The van der Waals surface area contributed by atoms with E-state index < -0.39 is 8.32 Å². The van der Waals surface area contributed by atoms with Gasteiger partial charge in [-0.3, -0.25) is 0 Å². The molecular weight excluding hydrogens is 456 g/mol. The molecule has 0 aromatic heterocycles. The molecule has 1 fully saturated rings. The lowest BCUT2D eigenvalue weighted by Crippen LogP contribution is -2.54. The fourth-order valence-corrected chi connectivity index (χ4v) is 6.84. The highest BCUT2D eigenvalue weighted by Gasteiger charge is 2.50. The molecule has 0 aliphatic heterocycles. The maximum absolute atomic E-state index is 6.96. The number of hydrogen-bond acceptors (Lipinski definition) is 4. The average molecular weight is 499 g/mol. The predicted octanol–water partition coefficient (Wildman–Crippen LogP) is 8.12. The summed E-state index contributed by atoms with van der Waals surface area (Å²) in [6, 6.07) is 18.8. The molecule has 3 atom stereocenters. The Morgan fingerprint density at radius 2 is 1.65 bits per heavy atom. The van der Waals surface area contributed by atoms with E-state index in [2.05, 4.69) is 96.8 Å². The number of methoxy groups -OCH3 is 1. The Kier molecular flexibility index (Phi) is 8.45. The van der Waals surface area contributed by atoms with E-state index >= 15 is 0 Å². The van der Waals surface area contributed by atoms with E-state index in [1.807, 2.05) is 23.9 Å². The van der Waals surface area contributed by atoms with Crippen molar-refractivity contribution in [3.05, 3.63) is 72.3 Å². The van der Waals surface area contributed by atoms with Gasteiger partial charge in [-0.15, -0.1) is 11.8 Å². The van der Waals surface area contributed by atoms with Crippen molar-refractivity contribution >= 4 is 20.1 Å². The van der Waals surface area contributed by atoms with Crippen molar-refractivity contribution in [1.29, 1.82) is 0 Å². The smallest absolute Gasteiger partial charge is 0.192 e. The van der Waals surface area contributed by atoms with Gasteiger partial charge in [0.2, 0.25) is 0 Å². The molecule has 1 aliphatic carbocycles. The van der Waals surface area contributed by atoms with E-state index in [4.69, 9.17) is 13.9 Å². The second-order valence-corrected chi connectivity index (χ2v) is 17.4. The summed E-state index contributed by atoms with van der Waals surface area (Å²) >= 11 is 1.89. The molecule has 3 rings (SSSR count). The molecule has 2 aromatic carbocycles. The maximum Gasteiger partial charge on any atom is 0.192 e. The van der Waals surface area contributed by atoms with Gasteiger partial charge in [0.05, 0.1) is 25.9 Å². The fraction of sp³-hybridized carbons (Fsp3) is 0.517. The van der Waals surface area contributed by atoms with Crippen LogP contribution in [0.4, 0.5) is 0 Å². The van der Waals surface area contributed by atoms with Crippen LogP contribution in [0.2, 0.25) is 18.1 Å².